The summed E-state index contributed by atoms with van der Waals surface area (Å²) in [6.45, 7) is 4.40. The van der Waals surface area contributed by atoms with Gasteiger partial charge in [-0.15, -0.1) is 0 Å². The molecule has 0 spiro atoms. The minimum Gasteiger partial charge on any atom is -0.497 e. The number of nitrogens with one attached hydrogen (secondary N) is 2. The van der Waals surface area contributed by atoms with Crippen LogP contribution in [0.25, 0.3) is 0 Å². The molecule has 0 bridgehead atoms. The number of anilines is 1. The number of rotatable bonds is 7. The Morgan fingerprint density at radius 1 is 1.32 bits per heavy atom. The predicted molar refractivity (Wildman–Crippen MR) is 75.9 cm³/mol. The molecule has 0 aliphatic carbocycles. The van der Waals surface area contributed by atoms with Crippen molar-refractivity contribution in [3.63, 3.8) is 0 Å². The van der Waals surface area contributed by atoms with Crippen molar-refractivity contribution in [1.82, 2.24) is 5.32 Å². The number of carbonyl (C=O) groups is 1. The van der Waals surface area contributed by atoms with E-state index in [1.54, 1.807) is 32.4 Å². The highest BCUT2D eigenvalue weighted by molar-refractivity contribution is 5.93. The first-order valence-electron chi connectivity index (χ1n) is 6.36. The molecule has 0 radical (unpaired) electrons. The van der Waals surface area contributed by atoms with E-state index in [-0.39, 0.29) is 12.5 Å². The highest BCUT2D eigenvalue weighted by Gasteiger charge is 2.09. The molecule has 0 heterocycles. The fourth-order valence-corrected chi connectivity index (χ4v) is 1.51. The van der Waals surface area contributed by atoms with Gasteiger partial charge in [0.1, 0.15) is 11.5 Å². The van der Waals surface area contributed by atoms with Crippen LogP contribution < -0.4 is 20.1 Å². The van der Waals surface area contributed by atoms with E-state index in [0.29, 0.717) is 23.2 Å². The standard InChI is InChI=1S/C14H22N2O3/c1-5-10(2)15-9-14(17)16-12-7-6-11(18-3)8-13(12)19-4/h6-8,10,15H,5,9H2,1-4H3,(H,16,17). The maximum Gasteiger partial charge on any atom is 0.238 e. The topological polar surface area (TPSA) is 59.6 Å². The number of methoxy groups -OCH3 is 2. The van der Waals surface area contributed by atoms with E-state index < -0.39 is 0 Å². The van der Waals surface area contributed by atoms with E-state index in [2.05, 4.69) is 17.6 Å². The minimum atomic E-state index is -0.0937. The van der Waals surface area contributed by atoms with Gasteiger partial charge in [0.25, 0.3) is 0 Å². The van der Waals surface area contributed by atoms with Gasteiger partial charge < -0.3 is 20.1 Å². The monoisotopic (exact) mass is 266 g/mol. The first kappa shape index (κ1) is 15.3. The van der Waals surface area contributed by atoms with Crippen molar-refractivity contribution in [2.45, 2.75) is 26.3 Å². The predicted octanol–water partition coefficient (Wildman–Crippen LogP) is 2.03. The largest absolute Gasteiger partial charge is 0.497 e. The van der Waals surface area contributed by atoms with Gasteiger partial charge in [-0.1, -0.05) is 6.92 Å². The molecule has 0 aliphatic rings. The molecule has 0 saturated carbocycles. The van der Waals surface area contributed by atoms with Gasteiger partial charge in [0.2, 0.25) is 5.91 Å². The van der Waals surface area contributed by atoms with Gasteiger partial charge in [-0.25, -0.2) is 0 Å². The molecule has 0 aromatic heterocycles. The van der Waals surface area contributed by atoms with Gasteiger partial charge in [-0.2, -0.15) is 0 Å². The third-order valence-corrected chi connectivity index (χ3v) is 2.91. The molecule has 106 valence electrons. The Hall–Kier alpha value is -1.75. The molecule has 0 fully saturated rings. The van der Waals surface area contributed by atoms with Crippen molar-refractivity contribution in [2.75, 3.05) is 26.1 Å². The number of carbonyl (C=O) groups excluding carboxylic acids is 1. The molecule has 19 heavy (non-hydrogen) atoms. The molecule has 0 saturated heterocycles. The summed E-state index contributed by atoms with van der Waals surface area (Å²) in [5.41, 5.74) is 0.638. The molecule has 1 aromatic rings. The van der Waals surface area contributed by atoms with Gasteiger partial charge in [0.05, 0.1) is 26.5 Å². The Bertz CT molecular complexity index is 421. The normalized spacial score (nSPS) is 11.8. The summed E-state index contributed by atoms with van der Waals surface area (Å²) in [7, 11) is 3.14. The highest BCUT2D eigenvalue weighted by Crippen LogP contribution is 2.28. The number of ether oxygens (including phenoxy) is 2. The second-order valence-corrected chi connectivity index (χ2v) is 4.30. The second kappa shape index (κ2) is 7.63. The van der Waals surface area contributed by atoms with Crippen molar-refractivity contribution >= 4 is 11.6 Å². The first-order chi connectivity index (χ1) is 9.10. The highest BCUT2D eigenvalue weighted by atomic mass is 16.5. The number of hydrogen-bond donors (Lipinski definition) is 2. The van der Waals surface area contributed by atoms with Crippen LogP contribution >= 0.6 is 0 Å². The summed E-state index contributed by atoms with van der Waals surface area (Å²) < 4.78 is 10.3. The average molecular weight is 266 g/mol. The molecule has 5 nitrogen and oxygen atoms in total. The zero-order chi connectivity index (χ0) is 14.3. The Labute approximate surface area is 114 Å². The minimum absolute atomic E-state index is 0.0937. The van der Waals surface area contributed by atoms with Crippen molar-refractivity contribution in [3.8, 4) is 11.5 Å². The summed E-state index contributed by atoms with van der Waals surface area (Å²) >= 11 is 0. The zero-order valence-corrected chi connectivity index (χ0v) is 11.9. The van der Waals surface area contributed by atoms with Crippen LogP contribution in [0, 0.1) is 0 Å². The molecule has 1 aromatic carbocycles. The van der Waals surface area contributed by atoms with Crippen LogP contribution in [0.2, 0.25) is 0 Å². The van der Waals surface area contributed by atoms with Crippen molar-refractivity contribution in [1.29, 1.82) is 0 Å². The summed E-state index contributed by atoms with van der Waals surface area (Å²) in [5, 5.41) is 5.95. The molecule has 1 amide bonds. The Morgan fingerprint density at radius 3 is 2.63 bits per heavy atom. The van der Waals surface area contributed by atoms with Crippen LogP contribution in [0.5, 0.6) is 11.5 Å². The van der Waals surface area contributed by atoms with Gasteiger partial charge in [0.15, 0.2) is 0 Å². The fraction of sp³-hybridized carbons (Fsp3) is 0.500. The van der Waals surface area contributed by atoms with E-state index in [0.717, 1.165) is 6.42 Å². The zero-order valence-electron chi connectivity index (χ0n) is 11.9. The molecule has 1 unspecified atom stereocenters. The van der Waals surface area contributed by atoms with Gasteiger partial charge in [0, 0.05) is 12.1 Å². The SMILES string of the molecule is CCC(C)NCC(=O)Nc1ccc(OC)cc1OC. The number of amides is 1. The lowest BCUT2D eigenvalue weighted by Crippen LogP contribution is -2.34. The molecule has 1 atom stereocenters. The summed E-state index contributed by atoms with van der Waals surface area (Å²) in [6, 6.07) is 5.60. The van der Waals surface area contributed by atoms with Crippen LogP contribution in [0.4, 0.5) is 5.69 Å². The van der Waals surface area contributed by atoms with Crippen molar-refractivity contribution in [3.05, 3.63) is 18.2 Å². The third kappa shape index (κ3) is 4.79. The van der Waals surface area contributed by atoms with Crippen LogP contribution in [-0.4, -0.2) is 32.7 Å². The van der Waals surface area contributed by atoms with Crippen LogP contribution in [0.3, 0.4) is 0 Å². The lowest BCUT2D eigenvalue weighted by atomic mass is 10.2. The lowest BCUT2D eigenvalue weighted by Gasteiger charge is -2.13. The maximum atomic E-state index is 11.8. The van der Waals surface area contributed by atoms with Crippen molar-refractivity contribution < 1.29 is 14.3 Å². The molecular formula is C14H22N2O3. The molecule has 0 aliphatic heterocycles. The van der Waals surface area contributed by atoms with Crippen LogP contribution in [-0.2, 0) is 4.79 Å². The molecule has 2 N–H and O–H groups in total. The molecule has 1 rings (SSSR count). The van der Waals surface area contributed by atoms with Crippen LogP contribution in [0.1, 0.15) is 20.3 Å². The third-order valence-electron chi connectivity index (χ3n) is 2.91. The Morgan fingerprint density at radius 2 is 2.05 bits per heavy atom. The smallest absolute Gasteiger partial charge is 0.238 e. The fourth-order valence-electron chi connectivity index (χ4n) is 1.51. The second-order valence-electron chi connectivity index (χ2n) is 4.30. The summed E-state index contributed by atoms with van der Waals surface area (Å²) in [4.78, 5) is 11.8. The molecule has 5 heteroatoms. The van der Waals surface area contributed by atoms with Gasteiger partial charge in [-0.05, 0) is 25.5 Å². The van der Waals surface area contributed by atoms with E-state index in [9.17, 15) is 4.79 Å². The van der Waals surface area contributed by atoms with Crippen molar-refractivity contribution in [2.24, 2.45) is 0 Å². The summed E-state index contributed by atoms with van der Waals surface area (Å²) in [6.07, 6.45) is 0.985. The first-order valence-corrected chi connectivity index (χ1v) is 6.36. The van der Waals surface area contributed by atoms with E-state index in [4.69, 9.17) is 9.47 Å². The van der Waals surface area contributed by atoms with E-state index in [1.165, 1.54) is 0 Å². The maximum absolute atomic E-state index is 11.8. The summed E-state index contributed by atoms with van der Waals surface area (Å²) in [5.74, 6) is 1.17. The average Bonchev–Trinajstić information content (AvgIpc) is 2.45. The number of hydrogen-bond acceptors (Lipinski definition) is 4. The van der Waals surface area contributed by atoms with Gasteiger partial charge >= 0.3 is 0 Å². The quantitative estimate of drug-likeness (QED) is 0.793. The lowest BCUT2D eigenvalue weighted by molar-refractivity contribution is -0.115. The Balaban J connectivity index is 2.63. The van der Waals surface area contributed by atoms with Crippen LogP contribution in [0.15, 0.2) is 18.2 Å². The number of benzene rings is 1. The van der Waals surface area contributed by atoms with Gasteiger partial charge in [-0.3, -0.25) is 4.79 Å². The van der Waals surface area contributed by atoms with E-state index in [1.807, 2.05) is 6.92 Å². The molecular weight excluding hydrogens is 244 g/mol. The Kier molecular flexibility index (Phi) is 6.15. The van der Waals surface area contributed by atoms with E-state index >= 15 is 0 Å².